The molecule has 0 radical (unpaired) electrons. The van der Waals surface area contributed by atoms with Gasteiger partial charge in [0.15, 0.2) is 0 Å². The maximum atomic E-state index is 11.8. The molecule has 2 aromatic carbocycles. The number of carbonyl (C=O) groups excluding carboxylic acids is 1. The van der Waals surface area contributed by atoms with E-state index in [1.54, 1.807) is 0 Å². The number of anilines is 1. The van der Waals surface area contributed by atoms with E-state index in [4.69, 9.17) is 11.6 Å². The van der Waals surface area contributed by atoms with E-state index in [1.165, 1.54) is 30.5 Å². The first kappa shape index (κ1) is 15.9. The van der Waals surface area contributed by atoms with Gasteiger partial charge in [0.05, 0.1) is 11.2 Å². The summed E-state index contributed by atoms with van der Waals surface area (Å²) in [6.45, 7) is 0. The van der Waals surface area contributed by atoms with Gasteiger partial charge in [-0.2, -0.15) is 5.10 Å². The molecule has 22 heavy (non-hydrogen) atoms. The first-order valence-corrected chi connectivity index (χ1v) is 6.94. The highest BCUT2D eigenvalue weighted by Crippen LogP contribution is 2.21. The number of benzene rings is 2. The minimum atomic E-state index is -0.364. The van der Waals surface area contributed by atoms with Crippen molar-refractivity contribution in [2.45, 2.75) is 0 Å². The molecule has 2 aromatic rings. The van der Waals surface area contributed by atoms with Crippen molar-refractivity contribution < 1.29 is 9.90 Å². The Bertz CT molecular complexity index is 697. The summed E-state index contributed by atoms with van der Waals surface area (Å²) in [5.41, 5.74) is 4.51. The van der Waals surface area contributed by atoms with Gasteiger partial charge >= 0.3 is 0 Å². The summed E-state index contributed by atoms with van der Waals surface area (Å²) < 4.78 is 0. The molecule has 0 fully saturated rings. The fourth-order valence-corrected chi connectivity index (χ4v) is 1.96. The number of phenols is 1. The zero-order chi connectivity index (χ0) is 16.1. The Hall–Kier alpha value is -2.53. The van der Waals surface area contributed by atoms with Crippen molar-refractivity contribution in [1.29, 1.82) is 0 Å². The van der Waals surface area contributed by atoms with Crippen LogP contribution in [0.1, 0.15) is 15.9 Å². The zero-order valence-corrected chi connectivity index (χ0v) is 13.0. The standard InChI is InChI=1S/C16H16ClN3O2/c1-20(2)13-6-3-12(15(17)9-13)10-18-19-16(22)11-4-7-14(21)8-5-11/h3-10,21H,1-2H3,(H,19,22)/b18-10+. The lowest BCUT2D eigenvalue weighted by Crippen LogP contribution is -2.17. The minimum absolute atomic E-state index is 0.104. The van der Waals surface area contributed by atoms with Crippen LogP contribution in [0.4, 0.5) is 5.69 Å². The first-order valence-electron chi connectivity index (χ1n) is 6.56. The van der Waals surface area contributed by atoms with Gasteiger partial charge in [-0.15, -0.1) is 0 Å². The number of hydrazone groups is 1. The van der Waals surface area contributed by atoms with Crippen LogP contribution in [0.25, 0.3) is 0 Å². The molecule has 0 aliphatic rings. The van der Waals surface area contributed by atoms with E-state index in [1.807, 2.05) is 37.2 Å². The number of aromatic hydroxyl groups is 1. The maximum absolute atomic E-state index is 11.8. The molecule has 5 nitrogen and oxygen atoms in total. The van der Waals surface area contributed by atoms with E-state index in [-0.39, 0.29) is 11.7 Å². The second-order valence-electron chi connectivity index (χ2n) is 4.85. The van der Waals surface area contributed by atoms with Crippen LogP contribution < -0.4 is 10.3 Å². The Morgan fingerprint density at radius 2 is 1.91 bits per heavy atom. The van der Waals surface area contributed by atoms with Crippen LogP contribution >= 0.6 is 11.6 Å². The molecular formula is C16H16ClN3O2. The van der Waals surface area contributed by atoms with E-state index >= 15 is 0 Å². The van der Waals surface area contributed by atoms with E-state index < -0.39 is 0 Å². The highest BCUT2D eigenvalue weighted by Gasteiger charge is 2.04. The fraction of sp³-hybridized carbons (Fsp3) is 0.125. The molecule has 6 heteroatoms. The third-order valence-corrected chi connectivity index (χ3v) is 3.33. The van der Waals surface area contributed by atoms with Gasteiger partial charge in [-0.05, 0) is 42.5 Å². The number of phenolic OH excluding ortho intramolecular Hbond substituents is 1. The number of nitrogens with one attached hydrogen (secondary N) is 1. The van der Waals surface area contributed by atoms with Crippen LogP contribution in [0, 0.1) is 0 Å². The molecule has 0 aliphatic carbocycles. The number of nitrogens with zero attached hydrogens (tertiary/aromatic N) is 2. The molecule has 0 spiro atoms. The topological polar surface area (TPSA) is 64.9 Å². The number of rotatable bonds is 4. The van der Waals surface area contributed by atoms with Crippen molar-refractivity contribution in [3.8, 4) is 5.75 Å². The zero-order valence-electron chi connectivity index (χ0n) is 12.2. The Kier molecular flexibility index (Phi) is 5.01. The van der Waals surface area contributed by atoms with Crippen molar-refractivity contribution in [3.05, 3.63) is 58.6 Å². The average Bonchev–Trinajstić information content (AvgIpc) is 2.49. The molecule has 0 heterocycles. The molecular weight excluding hydrogens is 302 g/mol. The van der Waals surface area contributed by atoms with Gasteiger partial charge in [-0.25, -0.2) is 5.43 Å². The molecule has 2 N–H and O–H groups in total. The van der Waals surface area contributed by atoms with Crippen molar-refractivity contribution in [1.82, 2.24) is 5.43 Å². The summed E-state index contributed by atoms with van der Waals surface area (Å²) >= 11 is 6.16. The molecule has 1 amide bonds. The monoisotopic (exact) mass is 317 g/mol. The third kappa shape index (κ3) is 3.99. The van der Waals surface area contributed by atoms with Gasteiger partial charge in [0.2, 0.25) is 0 Å². The second-order valence-corrected chi connectivity index (χ2v) is 5.25. The van der Waals surface area contributed by atoms with E-state index in [0.717, 1.165) is 5.69 Å². The Morgan fingerprint density at radius 3 is 2.50 bits per heavy atom. The molecule has 0 aromatic heterocycles. The summed E-state index contributed by atoms with van der Waals surface area (Å²) in [6.07, 6.45) is 1.49. The Balaban J connectivity index is 2.03. The number of amides is 1. The lowest BCUT2D eigenvalue weighted by Gasteiger charge is -2.13. The molecule has 114 valence electrons. The van der Waals surface area contributed by atoms with Crippen molar-refractivity contribution in [2.24, 2.45) is 5.10 Å². The smallest absolute Gasteiger partial charge is 0.271 e. The molecule has 0 saturated heterocycles. The Labute approximate surface area is 133 Å². The van der Waals surface area contributed by atoms with Crippen LogP contribution in [0.2, 0.25) is 5.02 Å². The lowest BCUT2D eigenvalue weighted by molar-refractivity contribution is 0.0955. The van der Waals surface area contributed by atoms with Crippen LogP contribution in [0.5, 0.6) is 5.75 Å². The molecule has 2 rings (SSSR count). The number of hydrogen-bond donors (Lipinski definition) is 2. The van der Waals surface area contributed by atoms with Crippen molar-refractivity contribution in [3.63, 3.8) is 0 Å². The highest BCUT2D eigenvalue weighted by molar-refractivity contribution is 6.33. The maximum Gasteiger partial charge on any atom is 0.271 e. The normalized spacial score (nSPS) is 10.7. The van der Waals surface area contributed by atoms with Gasteiger partial charge < -0.3 is 10.0 Å². The van der Waals surface area contributed by atoms with E-state index in [2.05, 4.69) is 10.5 Å². The summed E-state index contributed by atoms with van der Waals surface area (Å²) in [6, 6.07) is 11.5. The van der Waals surface area contributed by atoms with Gasteiger partial charge in [0.1, 0.15) is 5.75 Å². The van der Waals surface area contributed by atoms with Crippen LogP contribution in [0.15, 0.2) is 47.6 Å². The molecule has 0 atom stereocenters. The molecule has 0 bridgehead atoms. The minimum Gasteiger partial charge on any atom is -0.508 e. The summed E-state index contributed by atoms with van der Waals surface area (Å²) in [7, 11) is 3.86. The number of carbonyl (C=O) groups is 1. The SMILES string of the molecule is CN(C)c1ccc(/C=N/NC(=O)c2ccc(O)cc2)c(Cl)c1. The van der Waals surface area contributed by atoms with Gasteiger partial charge in [-0.1, -0.05) is 11.6 Å². The largest absolute Gasteiger partial charge is 0.508 e. The quantitative estimate of drug-likeness (QED) is 0.673. The van der Waals surface area contributed by atoms with Crippen LogP contribution in [-0.2, 0) is 0 Å². The number of hydrogen-bond acceptors (Lipinski definition) is 4. The first-order chi connectivity index (χ1) is 10.5. The molecule has 0 aliphatic heterocycles. The van der Waals surface area contributed by atoms with Crippen molar-refractivity contribution >= 4 is 29.4 Å². The predicted octanol–water partition coefficient (Wildman–Crippen LogP) is 2.88. The Morgan fingerprint density at radius 1 is 1.23 bits per heavy atom. The van der Waals surface area contributed by atoms with Gasteiger partial charge in [-0.3, -0.25) is 4.79 Å². The van der Waals surface area contributed by atoms with Crippen molar-refractivity contribution in [2.75, 3.05) is 19.0 Å². The third-order valence-electron chi connectivity index (χ3n) is 3.00. The van der Waals surface area contributed by atoms with Gasteiger partial charge in [0, 0.05) is 30.9 Å². The van der Waals surface area contributed by atoms with E-state index in [0.29, 0.717) is 16.1 Å². The predicted molar refractivity (Wildman–Crippen MR) is 88.9 cm³/mol. The van der Waals surface area contributed by atoms with E-state index in [9.17, 15) is 9.90 Å². The summed E-state index contributed by atoms with van der Waals surface area (Å²) in [5, 5.41) is 13.6. The summed E-state index contributed by atoms with van der Waals surface area (Å²) in [5.74, 6) is -0.259. The molecule has 0 saturated carbocycles. The van der Waals surface area contributed by atoms with Crippen LogP contribution in [0.3, 0.4) is 0 Å². The van der Waals surface area contributed by atoms with Gasteiger partial charge in [0.25, 0.3) is 5.91 Å². The average molecular weight is 318 g/mol. The summed E-state index contributed by atoms with van der Waals surface area (Å²) in [4.78, 5) is 13.8. The fourth-order valence-electron chi connectivity index (χ4n) is 1.74. The lowest BCUT2D eigenvalue weighted by atomic mass is 10.2. The number of halogens is 1. The second kappa shape index (κ2) is 6.95. The molecule has 0 unspecified atom stereocenters. The highest BCUT2D eigenvalue weighted by atomic mass is 35.5. The van der Waals surface area contributed by atoms with Crippen LogP contribution in [-0.4, -0.2) is 31.3 Å².